The fraction of sp³-hybridized carbons (Fsp3) is 0.214. The van der Waals surface area contributed by atoms with Crippen LogP contribution < -0.4 is 4.74 Å². The topological polar surface area (TPSA) is 85.5 Å². The van der Waals surface area contributed by atoms with Gasteiger partial charge in [0.05, 0.1) is 4.92 Å². The first-order valence-electron chi connectivity index (χ1n) is 6.09. The molecule has 20 heavy (non-hydrogen) atoms. The fourth-order valence-electron chi connectivity index (χ4n) is 1.74. The second kappa shape index (κ2) is 6.12. The summed E-state index contributed by atoms with van der Waals surface area (Å²) in [7, 11) is 0. The molecular weight excluding hydrogens is 260 g/mol. The molecule has 0 amide bonds. The quantitative estimate of drug-likeness (QED) is 0.669. The molecule has 2 rings (SSSR count). The zero-order valence-corrected chi connectivity index (χ0v) is 10.9. The van der Waals surface area contributed by atoms with Crippen molar-refractivity contribution < 1.29 is 14.8 Å². The molecule has 6 nitrogen and oxygen atoms in total. The van der Waals surface area contributed by atoms with Crippen molar-refractivity contribution in [2.75, 3.05) is 6.61 Å². The highest BCUT2D eigenvalue weighted by Gasteiger charge is 2.12. The number of nitrogens with zero attached hydrogens (tertiary/aromatic N) is 2. The molecule has 0 aliphatic carbocycles. The lowest BCUT2D eigenvalue weighted by molar-refractivity contribution is -0.385. The minimum atomic E-state index is -0.476. The van der Waals surface area contributed by atoms with Crippen molar-refractivity contribution in [3.8, 4) is 11.6 Å². The number of benzene rings is 1. The van der Waals surface area contributed by atoms with E-state index in [9.17, 15) is 10.1 Å². The van der Waals surface area contributed by atoms with Gasteiger partial charge in [0, 0.05) is 18.2 Å². The maximum Gasteiger partial charge on any atom is 0.290 e. The Morgan fingerprint density at radius 1 is 1.35 bits per heavy atom. The van der Waals surface area contributed by atoms with Crippen molar-refractivity contribution in [3.05, 3.63) is 57.8 Å². The molecule has 0 spiro atoms. The van der Waals surface area contributed by atoms with Crippen LogP contribution in [0.25, 0.3) is 0 Å². The Morgan fingerprint density at radius 2 is 2.05 bits per heavy atom. The average molecular weight is 274 g/mol. The molecule has 0 aliphatic heterocycles. The molecule has 0 atom stereocenters. The van der Waals surface area contributed by atoms with E-state index in [4.69, 9.17) is 9.84 Å². The number of nitro groups is 1. The summed E-state index contributed by atoms with van der Waals surface area (Å²) in [5, 5.41) is 19.5. The van der Waals surface area contributed by atoms with E-state index in [0.717, 1.165) is 5.56 Å². The molecule has 6 heteroatoms. The van der Waals surface area contributed by atoms with Crippen LogP contribution in [0.2, 0.25) is 0 Å². The van der Waals surface area contributed by atoms with E-state index in [1.165, 1.54) is 12.3 Å². The Morgan fingerprint density at radius 3 is 2.60 bits per heavy atom. The van der Waals surface area contributed by atoms with Crippen LogP contribution in [-0.4, -0.2) is 21.6 Å². The van der Waals surface area contributed by atoms with Gasteiger partial charge in [0.2, 0.25) is 5.88 Å². The maximum absolute atomic E-state index is 10.7. The van der Waals surface area contributed by atoms with Crippen molar-refractivity contribution in [1.82, 2.24) is 4.98 Å². The molecule has 1 N–H and O–H groups in total. The van der Waals surface area contributed by atoms with Crippen molar-refractivity contribution in [2.45, 2.75) is 13.3 Å². The molecule has 0 unspecified atom stereocenters. The first-order valence-corrected chi connectivity index (χ1v) is 6.09. The molecule has 0 fully saturated rings. The van der Waals surface area contributed by atoms with E-state index in [-0.39, 0.29) is 12.3 Å². The van der Waals surface area contributed by atoms with Crippen LogP contribution in [0.15, 0.2) is 36.5 Å². The van der Waals surface area contributed by atoms with Gasteiger partial charge in [0.1, 0.15) is 11.9 Å². The van der Waals surface area contributed by atoms with Gasteiger partial charge >= 0.3 is 0 Å². The van der Waals surface area contributed by atoms with Crippen LogP contribution >= 0.6 is 0 Å². The van der Waals surface area contributed by atoms with E-state index in [1.54, 1.807) is 19.1 Å². The van der Waals surface area contributed by atoms with Crippen LogP contribution in [0.3, 0.4) is 0 Å². The van der Waals surface area contributed by atoms with Gasteiger partial charge < -0.3 is 9.84 Å². The SMILES string of the molecule is Cc1cc(Oc2ccc(CCO)cc2)ncc1[N+](=O)[O-]. The lowest BCUT2D eigenvalue weighted by Crippen LogP contribution is -1.95. The molecule has 1 aromatic carbocycles. The van der Waals surface area contributed by atoms with Crippen molar-refractivity contribution in [3.63, 3.8) is 0 Å². The number of hydrogen-bond acceptors (Lipinski definition) is 5. The lowest BCUT2D eigenvalue weighted by atomic mass is 10.1. The molecule has 0 aliphatic rings. The largest absolute Gasteiger partial charge is 0.439 e. The molecule has 0 saturated heterocycles. The molecule has 0 saturated carbocycles. The molecular formula is C14H14N2O4. The van der Waals surface area contributed by atoms with E-state index < -0.39 is 4.92 Å². The summed E-state index contributed by atoms with van der Waals surface area (Å²) in [4.78, 5) is 14.1. The Hall–Kier alpha value is -2.47. The van der Waals surface area contributed by atoms with Gasteiger partial charge in [-0.15, -0.1) is 0 Å². The Labute approximate surface area is 115 Å². The normalized spacial score (nSPS) is 10.3. The van der Waals surface area contributed by atoms with Crippen molar-refractivity contribution in [1.29, 1.82) is 0 Å². The van der Waals surface area contributed by atoms with Gasteiger partial charge in [0.25, 0.3) is 5.69 Å². The van der Waals surface area contributed by atoms with E-state index >= 15 is 0 Å². The number of aliphatic hydroxyl groups is 1. The lowest BCUT2D eigenvalue weighted by Gasteiger charge is -2.06. The summed E-state index contributed by atoms with van der Waals surface area (Å²) in [6, 6.07) is 8.76. The van der Waals surface area contributed by atoms with Crippen LogP contribution in [0, 0.1) is 17.0 Å². The second-order valence-corrected chi connectivity index (χ2v) is 4.29. The smallest absolute Gasteiger partial charge is 0.290 e. The molecule has 0 radical (unpaired) electrons. The predicted octanol–water partition coefficient (Wildman–Crippen LogP) is 2.63. The van der Waals surface area contributed by atoms with Crippen molar-refractivity contribution >= 4 is 5.69 Å². The minimum Gasteiger partial charge on any atom is -0.439 e. The number of pyridine rings is 1. The monoisotopic (exact) mass is 274 g/mol. The summed E-state index contributed by atoms with van der Waals surface area (Å²) in [6.45, 7) is 1.74. The Kier molecular flexibility index (Phi) is 4.27. The number of ether oxygens (including phenoxy) is 1. The van der Waals surface area contributed by atoms with E-state index in [2.05, 4.69) is 4.98 Å². The van der Waals surface area contributed by atoms with E-state index in [1.807, 2.05) is 12.1 Å². The van der Waals surface area contributed by atoms with Gasteiger partial charge in [-0.25, -0.2) is 4.98 Å². The fourth-order valence-corrected chi connectivity index (χ4v) is 1.74. The number of aliphatic hydroxyl groups excluding tert-OH is 1. The zero-order chi connectivity index (χ0) is 14.5. The van der Waals surface area contributed by atoms with Crippen LogP contribution in [-0.2, 0) is 6.42 Å². The van der Waals surface area contributed by atoms with Crippen LogP contribution in [0.5, 0.6) is 11.6 Å². The highest BCUT2D eigenvalue weighted by Crippen LogP contribution is 2.24. The van der Waals surface area contributed by atoms with Crippen LogP contribution in [0.1, 0.15) is 11.1 Å². The highest BCUT2D eigenvalue weighted by atomic mass is 16.6. The zero-order valence-electron chi connectivity index (χ0n) is 10.9. The van der Waals surface area contributed by atoms with Crippen molar-refractivity contribution in [2.24, 2.45) is 0 Å². The second-order valence-electron chi connectivity index (χ2n) is 4.29. The minimum absolute atomic E-state index is 0.0318. The third-order valence-corrected chi connectivity index (χ3v) is 2.80. The number of hydrogen-bond donors (Lipinski definition) is 1. The Balaban J connectivity index is 2.13. The van der Waals surface area contributed by atoms with Gasteiger partial charge in [0.15, 0.2) is 0 Å². The Bertz CT molecular complexity index is 611. The van der Waals surface area contributed by atoms with Gasteiger partial charge in [-0.1, -0.05) is 12.1 Å². The van der Waals surface area contributed by atoms with Gasteiger partial charge in [-0.3, -0.25) is 10.1 Å². The maximum atomic E-state index is 10.7. The number of aromatic nitrogens is 1. The highest BCUT2D eigenvalue weighted by molar-refractivity contribution is 5.40. The summed E-state index contributed by atoms with van der Waals surface area (Å²) in [5.41, 5.74) is 1.47. The third-order valence-electron chi connectivity index (χ3n) is 2.80. The molecule has 1 aromatic heterocycles. The number of rotatable bonds is 5. The molecule has 1 heterocycles. The summed E-state index contributed by atoms with van der Waals surface area (Å²) in [6.07, 6.45) is 1.78. The first kappa shape index (κ1) is 14.0. The molecule has 2 aromatic rings. The predicted molar refractivity (Wildman–Crippen MR) is 72.9 cm³/mol. The van der Waals surface area contributed by atoms with Crippen LogP contribution in [0.4, 0.5) is 5.69 Å². The first-order chi connectivity index (χ1) is 9.60. The standard InChI is InChI=1S/C14H14N2O4/c1-10-8-14(15-9-13(10)16(18)19)20-12-4-2-11(3-5-12)6-7-17/h2-5,8-9,17H,6-7H2,1H3. The van der Waals surface area contributed by atoms with Gasteiger partial charge in [-0.2, -0.15) is 0 Å². The molecule has 0 bridgehead atoms. The third kappa shape index (κ3) is 3.30. The summed E-state index contributed by atoms with van der Waals surface area (Å²) >= 11 is 0. The average Bonchev–Trinajstić information content (AvgIpc) is 2.41. The van der Waals surface area contributed by atoms with Gasteiger partial charge in [-0.05, 0) is 31.0 Å². The summed E-state index contributed by atoms with van der Waals surface area (Å²) in [5.74, 6) is 0.899. The van der Waals surface area contributed by atoms with E-state index in [0.29, 0.717) is 23.6 Å². The number of aryl methyl sites for hydroxylation is 1. The molecule has 104 valence electrons. The summed E-state index contributed by atoms with van der Waals surface area (Å²) < 4.78 is 5.53.